The van der Waals surface area contributed by atoms with E-state index < -0.39 is 0 Å². The summed E-state index contributed by atoms with van der Waals surface area (Å²) in [5, 5.41) is 0. The number of hydrogen-bond donors (Lipinski definition) is 0. The summed E-state index contributed by atoms with van der Waals surface area (Å²) < 4.78 is 1.66. The molecule has 0 saturated heterocycles. The van der Waals surface area contributed by atoms with Crippen molar-refractivity contribution >= 4 is 11.4 Å². The van der Waals surface area contributed by atoms with Crippen molar-refractivity contribution in [3.63, 3.8) is 0 Å². The van der Waals surface area contributed by atoms with Gasteiger partial charge in [0.2, 0.25) is 11.4 Å². The lowest BCUT2D eigenvalue weighted by Gasteiger charge is -2.16. The Balaban J connectivity index is 2.19. The van der Waals surface area contributed by atoms with Gasteiger partial charge in [-0.15, -0.1) is 23.7 Å². The van der Waals surface area contributed by atoms with Gasteiger partial charge in [0.15, 0.2) is 0 Å². The van der Waals surface area contributed by atoms with Crippen LogP contribution in [0.4, 0.5) is 0 Å². The number of benzene rings is 2. The molecule has 0 fully saturated rings. The number of unbranched alkanes of at least 4 members (excludes halogenated alkanes) is 11. The molecule has 2 nitrogen and oxygen atoms in total. The van der Waals surface area contributed by atoms with Crippen molar-refractivity contribution in [2.75, 3.05) is 0 Å². The Bertz CT molecular complexity index is 1590. The van der Waals surface area contributed by atoms with Gasteiger partial charge >= 0.3 is 0 Å². The van der Waals surface area contributed by atoms with Crippen molar-refractivity contribution in [1.29, 1.82) is 0 Å². The van der Waals surface area contributed by atoms with Gasteiger partial charge in [0.1, 0.15) is 0 Å². The molecule has 1 heterocycles. The second kappa shape index (κ2) is 26.4. The Kier molecular flexibility index (Phi) is 22.0. The SMILES string of the molecule is CCCCCC#CCCc1ccc(CCCC)cc1C1=C(CCCC)C(CCCCC)=C(c2cc(CCCC)ccc2CCC#CCCCCC)[N+]1=[N-]. The lowest BCUT2D eigenvalue weighted by Crippen LogP contribution is -2.08. The first-order valence-electron chi connectivity index (χ1n) is 22.2. The van der Waals surface area contributed by atoms with Crippen LogP contribution in [-0.4, -0.2) is 4.70 Å². The molecular weight excluding hydrogens is 641 g/mol. The van der Waals surface area contributed by atoms with Crippen LogP contribution in [0.1, 0.15) is 210 Å². The van der Waals surface area contributed by atoms with E-state index in [2.05, 4.69) is 102 Å². The summed E-state index contributed by atoms with van der Waals surface area (Å²) in [5.41, 5.74) is 25.4. The molecule has 53 heavy (non-hydrogen) atoms. The molecule has 0 saturated carbocycles. The zero-order valence-electron chi connectivity index (χ0n) is 35.0. The van der Waals surface area contributed by atoms with Gasteiger partial charge in [0, 0.05) is 48.0 Å². The van der Waals surface area contributed by atoms with E-state index in [0.717, 1.165) is 94.9 Å². The summed E-state index contributed by atoms with van der Waals surface area (Å²) in [7, 11) is 0. The highest BCUT2D eigenvalue weighted by molar-refractivity contribution is 5.84. The van der Waals surface area contributed by atoms with Gasteiger partial charge in [0.05, 0.1) is 0 Å². The fraction of sp³-hybridized carbons (Fsp3) is 0.608. The van der Waals surface area contributed by atoms with Crippen molar-refractivity contribution in [1.82, 2.24) is 0 Å². The smallest absolute Gasteiger partial charge is 0.211 e. The van der Waals surface area contributed by atoms with E-state index in [9.17, 15) is 5.53 Å². The molecule has 0 unspecified atom stereocenters. The summed E-state index contributed by atoms with van der Waals surface area (Å²) >= 11 is 0. The number of hydrogen-bond acceptors (Lipinski definition) is 0. The lowest BCUT2D eigenvalue weighted by atomic mass is 9.88. The zero-order chi connectivity index (χ0) is 38.1. The summed E-state index contributed by atoms with van der Waals surface area (Å²) in [6.45, 7) is 13.6. The van der Waals surface area contributed by atoms with E-state index in [1.807, 2.05) is 0 Å². The summed E-state index contributed by atoms with van der Waals surface area (Å²) in [6.07, 6.45) is 27.4. The summed E-state index contributed by atoms with van der Waals surface area (Å²) in [6, 6.07) is 14.2. The monoisotopic (exact) mass is 715 g/mol. The fourth-order valence-electron chi connectivity index (χ4n) is 7.52. The van der Waals surface area contributed by atoms with Crippen molar-refractivity contribution in [3.05, 3.63) is 86.5 Å². The first-order chi connectivity index (χ1) is 26.0. The average Bonchev–Trinajstić information content (AvgIpc) is 3.44. The Morgan fingerprint density at radius 1 is 0.415 bits per heavy atom. The Hall–Kier alpha value is -3.36. The largest absolute Gasteiger partial charge is 0.493 e. The molecule has 0 atom stereocenters. The van der Waals surface area contributed by atoms with Crippen LogP contribution >= 0.6 is 0 Å². The van der Waals surface area contributed by atoms with Gasteiger partial charge in [-0.25, -0.2) is 4.70 Å². The first kappa shape index (κ1) is 44.0. The fourth-order valence-corrected chi connectivity index (χ4v) is 7.52. The predicted molar refractivity (Wildman–Crippen MR) is 232 cm³/mol. The molecule has 1 aliphatic rings. The molecule has 0 aromatic heterocycles. The van der Waals surface area contributed by atoms with Crippen molar-refractivity contribution in [3.8, 4) is 23.7 Å². The van der Waals surface area contributed by atoms with Gasteiger partial charge in [-0.1, -0.05) is 124 Å². The van der Waals surface area contributed by atoms with Crippen LogP contribution < -0.4 is 0 Å². The minimum Gasteiger partial charge on any atom is -0.493 e. The Labute approximate surface area is 327 Å². The van der Waals surface area contributed by atoms with Gasteiger partial charge in [0.25, 0.3) is 0 Å². The van der Waals surface area contributed by atoms with Crippen LogP contribution in [-0.2, 0) is 25.7 Å². The minimum absolute atomic E-state index is 0.850. The third-order valence-electron chi connectivity index (χ3n) is 10.8. The van der Waals surface area contributed by atoms with Gasteiger partial charge in [-0.2, -0.15) is 0 Å². The molecule has 0 N–H and O–H groups in total. The third-order valence-corrected chi connectivity index (χ3v) is 10.8. The lowest BCUT2D eigenvalue weighted by molar-refractivity contribution is -0.345. The molecule has 1 aliphatic heterocycles. The molecule has 0 bridgehead atoms. The molecule has 2 heteroatoms. The highest BCUT2D eigenvalue weighted by Gasteiger charge is 2.37. The maximum Gasteiger partial charge on any atom is 0.211 e. The van der Waals surface area contributed by atoms with Gasteiger partial charge in [-0.3, -0.25) is 0 Å². The van der Waals surface area contributed by atoms with E-state index in [1.54, 1.807) is 4.70 Å². The maximum atomic E-state index is 12.8. The molecule has 0 amide bonds. The van der Waals surface area contributed by atoms with Crippen molar-refractivity contribution < 1.29 is 4.70 Å². The second-order valence-electron chi connectivity index (χ2n) is 15.3. The van der Waals surface area contributed by atoms with E-state index in [1.165, 1.54) is 122 Å². The van der Waals surface area contributed by atoms with Gasteiger partial charge in [-0.05, 0) is 111 Å². The number of nitrogens with zero attached hydrogens (tertiary/aromatic N) is 2. The Morgan fingerprint density at radius 3 is 1.23 bits per heavy atom. The van der Waals surface area contributed by atoms with E-state index >= 15 is 0 Å². The van der Waals surface area contributed by atoms with Crippen LogP contribution in [0.5, 0.6) is 0 Å². The zero-order valence-corrected chi connectivity index (χ0v) is 35.0. The Morgan fingerprint density at radius 2 is 0.792 bits per heavy atom. The van der Waals surface area contributed by atoms with Crippen LogP contribution in [0.2, 0.25) is 0 Å². The van der Waals surface area contributed by atoms with Crippen LogP contribution in [0.25, 0.3) is 16.9 Å². The number of aryl methyl sites for hydroxylation is 4. The van der Waals surface area contributed by atoms with E-state index in [0.29, 0.717) is 0 Å². The standard InChI is InChI=1S/C51H74N2/c1-7-13-19-21-23-25-28-32-44-38-36-42(30-16-10-4)40-48(44)50-46(34-18-12-6)47(35-27-15-9-3)51(53(50)52)49-41-43(31-17-11-5)37-39-45(49)33-29-26-24-22-20-14-8-2/h36-41H,7-22,27-35H2,1-6H3. The van der Waals surface area contributed by atoms with Gasteiger partial charge < -0.3 is 5.53 Å². The van der Waals surface area contributed by atoms with Crippen molar-refractivity contribution in [2.45, 2.75) is 202 Å². The molecule has 0 aliphatic carbocycles. The van der Waals surface area contributed by atoms with Crippen LogP contribution in [0.3, 0.4) is 0 Å². The molecule has 2 aromatic carbocycles. The molecule has 3 rings (SSSR count). The topological polar surface area (TPSA) is 25.3 Å². The summed E-state index contributed by atoms with van der Waals surface area (Å²) in [4.78, 5) is 0. The van der Waals surface area contributed by atoms with E-state index in [4.69, 9.17) is 0 Å². The average molecular weight is 715 g/mol. The quantitative estimate of drug-likeness (QED) is 0.0556. The maximum absolute atomic E-state index is 12.8. The van der Waals surface area contributed by atoms with Crippen molar-refractivity contribution in [2.24, 2.45) is 0 Å². The molecule has 288 valence electrons. The summed E-state index contributed by atoms with van der Waals surface area (Å²) in [5.74, 6) is 13.9. The second-order valence-corrected chi connectivity index (χ2v) is 15.3. The normalized spacial score (nSPS) is 12.7. The number of rotatable bonds is 25. The third kappa shape index (κ3) is 14.4. The molecule has 2 aromatic rings. The van der Waals surface area contributed by atoms with Crippen LogP contribution in [0.15, 0.2) is 47.5 Å². The highest BCUT2D eigenvalue weighted by Crippen LogP contribution is 2.46. The first-order valence-corrected chi connectivity index (χ1v) is 22.2. The predicted octanol–water partition coefficient (Wildman–Crippen LogP) is 15.3. The molecule has 0 spiro atoms. The minimum atomic E-state index is 0.850. The molecule has 0 radical (unpaired) electrons. The highest BCUT2D eigenvalue weighted by atomic mass is 15.2. The number of allylic oxidation sites excluding steroid dienone is 2. The molecular formula is C51H74N2. The van der Waals surface area contributed by atoms with Crippen LogP contribution in [0, 0.1) is 23.7 Å². The van der Waals surface area contributed by atoms with E-state index in [-0.39, 0.29) is 0 Å².